The van der Waals surface area contributed by atoms with Gasteiger partial charge in [0, 0.05) is 18.5 Å². The number of ether oxygens (including phenoxy) is 1. The molecule has 3 N–H and O–H groups in total. The highest BCUT2D eigenvalue weighted by molar-refractivity contribution is 6.05. The first-order chi connectivity index (χ1) is 13.9. The van der Waals surface area contributed by atoms with Crippen LogP contribution < -0.4 is 15.8 Å². The van der Waals surface area contributed by atoms with Crippen molar-refractivity contribution in [2.45, 2.75) is 24.7 Å². The van der Waals surface area contributed by atoms with Gasteiger partial charge in [-0.1, -0.05) is 0 Å². The number of pyridine rings is 2. The van der Waals surface area contributed by atoms with Gasteiger partial charge in [0.15, 0.2) is 5.82 Å². The van der Waals surface area contributed by atoms with Crippen molar-refractivity contribution in [3.8, 4) is 5.88 Å². The van der Waals surface area contributed by atoms with Crippen LogP contribution in [-0.4, -0.2) is 28.8 Å². The average molecular weight is 399 g/mol. The van der Waals surface area contributed by atoms with Gasteiger partial charge in [-0.15, -0.1) is 0 Å². The molecule has 4 rings (SSSR count). The number of nitrogens with zero attached hydrogens (tertiary/aromatic N) is 3. The molecule has 2 saturated carbocycles. The Morgan fingerprint density at radius 2 is 2.14 bits per heavy atom. The molecular formula is C20H19F2N5O2. The topological polar surface area (TPSA) is 102 Å². The molecule has 7 nitrogen and oxygen atoms in total. The average Bonchev–Trinajstić information content (AvgIpc) is 3.60. The van der Waals surface area contributed by atoms with Crippen LogP contribution in [0.25, 0.3) is 0 Å². The van der Waals surface area contributed by atoms with Crippen LogP contribution in [0.5, 0.6) is 5.88 Å². The van der Waals surface area contributed by atoms with Crippen molar-refractivity contribution in [3.05, 3.63) is 60.2 Å². The molecule has 1 atom stereocenters. The van der Waals surface area contributed by atoms with E-state index in [0.717, 1.165) is 12.8 Å². The molecule has 29 heavy (non-hydrogen) atoms. The van der Waals surface area contributed by atoms with Crippen molar-refractivity contribution in [3.63, 3.8) is 0 Å². The molecule has 2 fully saturated rings. The van der Waals surface area contributed by atoms with Crippen LogP contribution in [0.1, 0.15) is 25.0 Å². The molecule has 1 unspecified atom stereocenters. The third-order valence-corrected chi connectivity index (χ3v) is 5.50. The minimum Gasteiger partial charge on any atom is -0.479 e. The first-order valence-corrected chi connectivity index (χ1v) is 9.04. The molecule has 1 amide bonds. The molecule has 0 saturated heterocycles. The summed E-state index contributed by atoms with van der Waals surface area (Å²) in [5.74, 6) is -1.79. The van der Waals surface area contributed by atoms with Crippen molar-refractivity contribution in [2.24, 2.45) is 16.1 Å². The number of methoxy groups -OCH3 is 1. The number of carbonyl (C=O) groups is 1. The van der Waals surface area contributed by atoms with E-state index >= 15 is 0 Å². The van der Waals surface area contributed by atoms with Crippen molar-refractivity contribution >= 4 is 17.4 Å². The second kappa shape index (κ2) is 6.91. The predicted molar refractivity (Wildman–Crippen MR) is 102 cm³/mol. The van der Waals surface area contributed by atoms with Crippen LogP contribution in [0.15, 0.2) is 47.9 Å². The number of aliphatic imine (C=N–C) groups is 1. The summed E-state index contributed by atoms with van der Waals surface area (Å²) in [6.07, 6.45) is 7.84. The number of hydrogen-bond donors (Lipinski definition) is 2. The number of amides is 1. The fraction of sp³-hybridized carbons (Fsp3) is 0.300. The number of nitrogens with two attached hydrogens (primary N) is 1. The zero-order chi connectivity index (χ0) is 20.6. The van der Waals surface area contributed by atoms with E-state index in [9.17, 15) is 13.6 Å². The minimum absolute atomic E-state index is 0.0529. The summed E-state index contributed by atoms with van der Waals surface area (Å²) in [6, 6.07) is 3.99. The molecule has 2 aromatic heterocycles. The van der Waals surface area contributed by atoms with E-state index in [1.165, 1.54) is 50.0 Å². The summed E-state index contributed by atoms with van der Waals surface area (Å²) < 4.78 is 32.7. The van der Waals surface area contributed by atoms with E-state index < -0.39 is 23.0 Å². The normalized spacial score (nSPS) is 22.0. The van der Waals surface area contributed by atoms with Gasteiger partial charge in [0.2, 0.25) is 5.88 Å². The number of anilines is 1. The monoisotopic (exact) mass is 399 g/mol. The number of halogens is 2. The molecule has 2 aromatic rings. The van der Waals surface area contributed by atoms with Crippen molar-refractivity contribution in [2.75, 3.05) is 12.4 Å². The lowest BCUT2D eigenvalue weighted by Gasteiger charge is -2.13. The van der Waals surface area contributed by atoms with Crippen LogP contribution in [0, 0.1) is 17.0 Å². The van der Waals surface area contributed by atoms with E-state index in [1.807, 2.05) is 0 Å². The smallest absolute Gasteiger partial charge is 0.260 e. The number of rotatable bonds is 6. The molecule has 2 aliphatic rings. The standard InChI is InChI=1S/C20H19F2N5O2/c1-29-17-14(22)9-12(10-26-17)24-8-4-15(23)27-18(28)20(11-19(20)5-6-19)16-13(21)3-2-7-25-16/h2-4,7-10,24H,5-6,11H2,1H3,(H2,23,27,28)/b8-4-. The van der Waals surface area contributed by atoms with E-state index in [1.54, 1.807) is 0 Å². The Morgan fingerprint density at radius 3 is 2.76 bits per heavy atom. The van der Waals surface area contributed by atoms with Gasteiger partial charge in [-0.2, -0.15) is 4.99 Å². The Kier molecular flexibility index (Phi) is 4.52. The highest BCUT2D eigenvalue weighted by Gasteiger charge is 2.79. The predicted octanol–water partition coefficient (Wildman–Crippen LogP) is 2.69. The molecule has 2 aliphatic carbocycles. The van der Waals surface area contributed by atoms with E-state index in [0.29, 0.717) is 12.1 Å². The Hall–Kier alpha value is -3.36. The zero-order valence-electron chi connectivity index (χ0n) is 15.7. The van der Waals surface area contributed by atoms with Gasteiger partial charge in [0.05, 0.1) is 24.7 Å². The van der Waals surface area contributed by atoms with Crippen LogP contribution in [0.3, 0.4) is 0 Å². The molecule has 1 spiro atoms. The first-order valence-electron chi connectivity index (χ1n) is 9.04. The Balaban J connectivity index is 1.49. The zero-order valence-corrected chi connectivity index (χ0v) is 15.7. The molecule has 2 heterocycles. The second-order valence-corrected chi connectivity index (χ2v) is 7.23. The number of hydrogen-bond acceptors (Lipinski definition) is 5. The SMILES string of the molecule is COc1ncc(N/C=C\C(N)=NC(=O)C2(c3ncccc3F)CC23CC3)cc1F. The van der Waals surface area contributed by atoms with Crippen molar-refractivity contribution in [1.82, 2.24) is 9.97 Å². The molecule has 0 aliphatic heterocycles. The highest BCUT2D eigenvalue weighted by Crippen LogP contribution is 2.79. The van der Waals surface area contributed by atoms with Crippen molar-refractivity contribution < 1.29 is 18.3 Å². The quantitative estimate of drug-likeness (QED) is 0.572. The van der Waals surface area contributed by atoms with Gasteiger partial charge in [-0.25, -0.2) is 13.8 Å². The summed E-state index contributed by atoms with van der Waals surface area (Å²) >= 11 is 0. The lowest BCUT2D eigenvalue weighted by Crippen LogP contribution is -2.27. The number of amidine groups is 1. The Labute approximate surface area is 165 Å². The fourth-order valence-corrected chi connectivity index (χ4v) is 3.78. The third kappa shape index (κ3) is 3.22. The summed E-state index contributed by atoms with van der Waals surface area (Å²) in [5.41, 5.74) is 5.07. The van der Waals surface area contributed by atoms with Gasteiger partial charge in [0.1, 0.15) is 17.1 Å². The van der Waals surface area contributed by atoms with Crippen LogP contribution >= 0.6 is 0 Å². The summed E-state index contributed by atoms with van der Waals surface area (Å²) in [5, 5.41) is 2.78. The van der Waals surface area contributed by atoms with E-state index in [2.05, 4.69) is 20.3 Å². The molecule has 0 bridgehead atoms. The fourth-order valence-electron chi connectivity index (χ4n) is 3.78. The van der Waals surface area contributed by atoms with E-state index in [-0.39, 0.29) is 22.8 Å². The van der Waals surface area contributed by atoms with E-state index in [4.69, 9.17) is 10.5 Å². The van der Waals surface area contributed by atoms with Crippen molar-refractivity contribution in [1.29, 1.82) is 0 Å². The Bertz CT molecular complexity index is 1040. The third-order valence-electron chi connectivity index (χ3n) is 5.50. The minimum atomic E-state index is -1.03. The molecule has 150 valence electrons. The lowest BCUT2D eigenvalue weighted by atomic mass is 9.95. The number of nitrogens with one attached hydrogen (secondary N) is 1. The van der Waals surface area contributed by atoms with Gasteiger partial charge >= 0.3 is 0 Å². The van der Waals surface area contributed by atoms with Gasteiger partial charge < -0.3 is 15.8 Å². The van der Waals surface area contributed by atoms with Gasteiger partial charge in [-0.05, 0) is 42.9 Å². The maximum Gasteiger partial charge on any atom is 0.260 e. The summed E-state index contributed by atoms with van der Waals surface area (Å²) in [7, 11) is 1.32. The second-order valence-electron chi connectivity index (χ2n) is 7.23. The maximum absolute atomic E-state index is 14.3. The maximum atomic E-state index is 14.3. The summed E-state index contributed by atoms with van der Waals surface area (Å²) in [4.78, 5) is 24.8. The largest absolute Gasteiger partial charge is 0.479 e. The van der Waals surface area contributed by atoms with Gasteiger partial charge in [-0.3, -0.25) is 9.78 Å². The number of carbonyl (C=O) groups excluding carboxylic acids is 1. The van der Waals surface area contributed by atoms with Gasteiger partial charge in [0.25, 0.3) is 5.91 Å². The Morgan fingerprint density at radius 1 is 1.34 bits per heavy atom. The van der Waals surface area contributed by atoms with Crippen LogP contribution in [0.2, 0.25) is 0 Å². The number of aromatic nitrogens is 2. The molecule has 0 aromatic carbocycles. The van der Waals surface area contributed by atoms with Crippen LogP contribution in [-0.2, 0) is 10.2 Å². The van der Waals surface area contributed by atoms with Crippen LogP contribution in [0.4, 0.5) is 14.5 Å². The summed E-state index contributed by atoms with van der Waals surface area (Å²) in [6.45, 7) is 0. The first kappa shape index (κ1) is 19.0. The molecular weight excluding hydrogens is 380 g/mol. The molecule has 9 heteroatoms. The molecule has 0 radical (unpaired) electrons. The lowest BCUT2D eigenvalue weighted by molar-refractivity contribution is -0.120. The highest BCUT2D eigenvalue weighted by atomic mass is 19.1.